The minimum Gasteiger partial charge on any atom is -0.507 e. The van der Waals surface area contributed by atoms with E-state index in [1.165, 1.54) is 11.8 Å². The summed E-state index contributed by atoms with van der Waals surface area (Å²) in [4.78, 5) is 11.4. The van der Waals surface area contributed by atoms with E-state index in [2.05, 4.69) is 0 Å². The molecule has 1 aliphatic heterocycles. The zero-order valence-electron chi connectivity index (χ0n) is 16.1. The number of carbonyl (C=O) groups is 1. The second-order valence-electron chi connectivity index (χ2n) is 7.59. The number of hydrogen-bond donors (Lipinski definition) is 1. The third-order valence-corrected chi connectivity index (χ3v) is 5.75. The molecular formula is C19H27BO4S. The van der Waals surface area contributed by atoms with Crippen molar-refractivity contribution in [2.75, 3.05) is 5.75 Å². The van der Waals surface area contributed by atoms with Gasteiger partial charge in [-0.15, -0.1) is 0 Å². The van der Waals surface area contributed by atoms with Crippen LogP contribution in [0.5, 0.6) is 5.75 Å². The van der Waals surface area contributed by atoms with Crippen LogP contribution in [-0.2, 0) is 14.1 Å². The Morgan fingerprint density at radius 3 is 2.08 bits per heavy atom. The van der Waals surface area contributed by atoms with E-state index in [4.69, 9.17) is 9.31 Å². The van der Waals surface area contributed by atoms with Gasteiger partial charge in [-0.3, -0.25) is 4.79 Å². The molecule has 0 bridgehead atoms. The highest BCUT2D eigenvalue weighted by atomic mass is 32.2. The highest BCUT2D eigenvalue weighted by molar-refractivity contribution is 8.13. The van der Waals surface area contributed by atoms with E-state index in [1.54, 1.807) is 6.92 Å². The minimum absolute atomic E-state index is 0.0560. The highest BCUT2D eigenvalue weighted by Crippen LogP contribution is 2.39. The molecule has 0 radical (unpaired) electrons. The molecule has 1 heterocycles. The van der Waals surface area contributed by atoms with Crippen LogP contribution in [0.25, 0.3) is 6.08 Å². The van der Waals surface area contributed by atoms with Crippen LogP contribution in [0.1, 0.15) is 51.3 Å². The van der Waals surface area contributed by atoms with Crippen LogP contribution in [0.2, 0.25) is 0 Å². The van der Waals surface area contributed by atoms with Crippen LogP contribution in [0.4, 0.5) is 0 Å². The number of phenolic OH excluding ortho intramolecular Hbond substituents is 1. The van der Waals surface area contributed by atoms with E-state index in [1.807, 2.05) is 59.8 Å². The summed E-state index contributed by atoms with van der Waals surface area (Å²) in [6.07, 6.45) is 2.00. The van der Waals surface area contributed by atoms with Gasteiger partial charge in [-0.1, -0.05) is 17.8 Å². The standard InChI is InChI=1S/C19H27BO4S/c1-12-8-15(9-13(2)17(12)22)10-16(11-25-14(3)21)20-23-18(4,5)19(6,7)24-20/h8-10,22H,11H2,1-7H3. The van der Waals surface area contributed by atoms with Crippen molar-refractivity contribution in [2.24, 2.45) is 0 Å². The number of aryl methyl sites for hydroxylation is 2. The molecule has 6 heteroatoms. The molecule has 1 aromatic carbocycles. The molecule has 1 fully saturated rings. The maximum Gasteiger partial charge on any atom is 0.491 e. The highest BCUT2D eigenvalue weighted by Gasteiger charge is 2.52. The van der Waals surface area contributed by atoms with Crippen LogP contribution < -0.4 is 0 Å². The van der Waals surface area contributed by atoms with Crippen molar-refractivity contribution in [2.45, 2.75) is 59.7 Å². The third-order valence-electron chi connectivity index (χ3n) is 4.86. The van der Waals surface area contributed by atoms with E-state index in [9.17, 15) is 9.90 Å². The fraction of sp³-hybridized carbons (Fsp3) is 0.526. The lowest BCUT2D eigenvalue weighted by molar-refractivity contribution is -0.109. The first-order valence-corrected chi connectivity index (χ1v) is 9.41. The first kappa shape index (κ1) is 20.1. The molecule has 1 aromatic rings. The van der Waals surface area contributed by atoms with Gasteiger partial charge in [-0.2, -0.15) is 0 Å². The third kappa shape index (κ3) is 4.49. The van der Waals surface area contributed by atoms with E-state index >= 15 is 0 Å². The van der Waals surface area contributed by atoms with Gasteiger partial charge in [-0.25, -0.2) is 0 Å². The van der Waals surface area contributed by atoms with Gasteiger partial charge in [0.15, 0.2) is 5.12 Å². The molecular weight excluding hydrogens is 335 g/mol. The SMILES string of the molecule is CC(=O)SCC(=Cc1cc(C)c(O)c(C)c1)B1OC(C)(C)C(C)(C)O1. The molecule has 25 heavy (non-hydrogen) atoms. The molecule has 0 atom stereocenters. The minimum atomic E-state index is -0.494. The molecule has 136 valence electrons. The Hall–Kier alpha value is -1.24. The molecule has 0 aliphatic carbocycles. The number of carbonyl (C=O) groups excluding carboxylic acids is 1. The zero-order valence-corrected chi connectivity index (χ0v) is 16.9. The Labute approximate surface area is 155 Å². The summed E-state index contributed by atoms with van der Waals surface area (Å²) in [6, 6.07) is 3.85. The lowest BCUT2D eigenvalue weighted by Crippen LogP contribution is -2.41. The predicted molar refractivity (Wildman–Crippen MR) is 105 cm³/mol. The lowest BCUT2D eigenvalue weighted by atomic mass is 9.78. The van der Waals surface area contributed by atoms with Gasteiger partial charge in [0, 0.05) is 12.7 Å². The Morgan fingerprint density at radius 1 is 1.16 bits per heavy atom. The van der Waals surface area contributed by atoms with Crippen molar-refractivity contribution >= 4 is 30.1 Å². The topological polar surface area (TPSA) is 55.8 Å². The maximum absolute atomic E-state index is 11.4. The molecule has 2 rings (SSSR count). The molecule has 0 spiro atoms. The number of rotatable bonds is 4. The summed E-state index contributed by atoms with van der Waals surface area (Å²) in [7, 11) is -0.494. The smallest absolute Gasteiger partial charge is 0.491 e. The average molecular weight is 362 g/mol. The van der Waals surface area contributed by atoms with Crippen LogP contribution in [-0.4, -0.2) is 34.3 Å². The number of aromatic hydroxyl groups is 1. The first-order valence-electron chi connectivity index (χ1n) is 8.42. The van der Waals surface area contributed by atoms with Crippen molar-refractivity contribution < 1.29 is 19.2 Å². The molecule has 0 saturated carbocycles. The molecule has 1 N–H and O–H groups in total. The van der Waals surface area contributed by atoms with Gasteiger partial charge in [0.25, 0.3) is 0 Å². The van der Waals surface area contributed by atoms with E-state index < -0.39 is 18.3 Å². The lowest BCUT2D eigenvalue weighted by Gasteiger charge is -2.32. The Balaban J connectivity index is 2.38. The van der Waals surface area contributed by atoms with Crippen LogP contribution in [0, 0.1) is 13.8 Å². The summed E-state index contributed by atoms with van der Waals surface area (Å²) in [6.45, 7) is 13.3. The quantitative estimate of drug-likeness (QED) is 0.810. The zero-order chi connectivity index (χ0) is 19.0. The van der Waals surface area contributed by atoms with Crippen LogP contribution >= 0.6 is 11.8 Å². The fourth-order valence-electron chi connectivity index (χ4n) is 2.64. The van der Waals surface area contributed by atoms with E-state index in [0.717, 1.165) is 22.2 Å². The van der Waals surface area contributed by atoms with Gasteiger partial charge in [0.05, 0.1) is 11.2 Å². The molecule has 4 nitrogen and oxygen atoms in total. The second-order valence-corrected chi connectivity index (χ2v) is 8.74. The fourth-order valence-corrected chi connectivity index (χ4v) is 3.23. The first-order chi connectivity index (χ1) is 11.4. The number of phenols is 1. The number of benzene rings is 1. The Bertz CT molecular complexity index is 670. The monoisotopic (exact) mass is 362 g/mol. The van der Waals surface area contributed by atoms with Crippen molar-refractivity contribution in [3.8, 4) is 5.75 Å². The van der Waals surface area contributed by atoms with Gasteiger partial charge >= 0.3 is 7.12 Å². The molecule has 0 aromatic heterocycles. The Morgan fingerprint density at radius 2 is 1.64 bits per heavy atom. The largest absolute Gasteiger partial charge is 0.507 e. The second kappa shape index (κ2) is 7.18. The van der Waals surface area contributed by atoms with E-state index in [0.29, 0.717) is 11.5 Å². The van der Waals surface area contributed by atoms with Crippen molar-refractivity contribution in [3.63, 3.8) is 0 Å². The van der Waals surface area contributed by atoms with Crippen LogP contribution in [0.3, 0.4) is 0 Å². The van der Waals surface area contributed by atoms with E-state index in [-0.39, 0.29) is 5.12 Å². The molecule has 1 saturated heterocycles. The van der Waals surface area contributed by atoms with Crippen molar-refractivity contribution in [3.05, 3.63) is 34.3 Å². The number of hydrogen-bond acceptors (Lipinski definition) is 5. The summed E-state index contributed by atoms with van der Waals surface area (Å²) in [5.74, 6) is 0.818. The average Bonchev–Trinajstić information content (AvgIpc) is 2.68. The molecule has 0 amide bonds. The maximum atomic E-state index is 11.4. The van der Waals surface area contributed by atoms with Crippen LogP contribution in [0.15, 0.2) is 17.6 Å². The van der Waals surface area contributed by atoms with Crippen molar-refractivity contribution in [1.82, 2.24) is 0 Å². The summed E-state index contributed by atoms with van der Waals surface area (Å²) < 4.78 is 12.3. The summed E-state index contributed by atoms with van der Waals surface area (Å²) >= 11 is 1.24. The predicted octanol–water partition coefficient (Wildman–Crippen LogP) is 4.30. The van der Waals surface area contributed by atoms with Gasteiger partial charge in [0.2, 0.25) is 0 Å². The van der Waals surface area contributed by atoms with Gasteiger partial charge in [0.1, 0.15) is 5.75 Å². The van der Waals surface area contributed by atoms with Gasteiger partial charge in [-0.05, 0) is 75.8 Å². The Kier molecular flexibility index (Phi) is 5.76. The van der Waals surface area contributed by atoms with Crippen molar-refractivity contribution in [1.29, 1.82) is 0 Å². The van der Waals surface area contributed by atoms with Gasteiger partial charge < -0.3 is 14.4 Å². The molecule has 0 unspecified atom stereocenters. The number of thioether (sulfide) groups is 1. The normalized spacial score (nSPS) is 19.3. The summed E-state index contributed by atoms with van der Waals surface area (Å²) in [5, 5.41) is 10.0. The summed E-state index contributed by atoms with van der Waals surface area (Å²) in [5.41, 5.74) is 2.64. The molecule has 1 aliphatic rings.